The van der Waals surface area contributed by atoms with Gasteiger partial charge in [0.15, 0.2) is 5.60 Å². The number of ether oxygens (including phenoxy) is 2. The van der Waals surface area contributed by atoms with Crippen molar-refractivity contribution in [3.63, 3.8) is 0 Å². The molecule has 1 aliphatic rings. The number of nitrogens with two attached hydrogens (primary N) is 1. The molecule has 0 spiro atoms. The number of carbonyl (C=O) groups is 1. The van der Waals surface area contributed by atoms with E-state index in [9.17, 15) is 9.90 Å². The molecule has 0 heterocycles. The zero-order valence-corrected chi connectivity index (χ0v) is 18.5. The summed E-state index contributed by atoms with van der Waals surface area (Å²) in [5.41, 5.74) is 9.19. The standard InChI is InChI=1S/C26H31NO4/c1-4-21-17-22(19-11-8-9-18(15-19)13-14-27)25(29)26(21,3)31-23-12-7-6-10-20(23)16-24(28)30-5-2/h6-12,15,17,29H,4-5,13-14,16,27H2,1-3H3. The molecule has 0 saturated heterocycles. The fourth-order valence-corrected chi connectivity index (χ4v) is 3.96. The second kappa shape index (κ2) is 9.84. The van der Waals surface area contributed by atoms with Gasteiger partial charge in [0.2, 0.25) is 0 Å². The fraction of sp³-hybridized carbons (Fsp3) is 0.346. The molecule has 0 radical (unpaired) electrons. The van der Waals surface area contributed by atoms with Gasteiger partial charge in [0.25, 0.3) is 0 Å². The van der Waals surface area contributed by atoms with Gasteiger partial charge in [0.05, 0.1) is 13.0 Å². The lowest BCUT2D eigenvalue weighted by Gasteiger charge is -2.30. The Balaban J connectivity index is 1.97. The molecule has 31 heavy (non-hydrogen) atoms. The molecule has 5 heteroatoms. The van der Waals surface area contributed by atoms with Crippen LogP contribution in [0.5, 0.6) is 5.75 Å². The maximum absolute atomic E-state index is 12.0. The number of carbonyl (C=O) groups excluding carboxylic acids is 1. The normalized spacial score (nSPS) is 18.1. The van der Waals surface area contributed by atoms with E-state index >= 15 is 0 Å². The highest BCUT2D eigenvalue weighted by atomic mass is 16.5. The molecular formula is C26H31NO4. The second-order valence-electron chi connectivity index (χ2n) is 7.75. The summed E-state index contributed by atoms with van der Waals surface area (Å²) in [6.07, 6.45) is 3.61. The van der Waals surface area contributed by atoms with Crippen molar-refractivity contribution >= 4 is 11.5 Å². The third-order valence-corrected chi connectivity index (χ3v) is 5.62. The van der Waals surface area contributed by atoms with Crippen LogP contribution in [0.25, 0.3) is 5.57 Å². The van der Waals surface area contributed by atoms with E-state index in [1.54, 1.807) is 6.92 Å². The number of para-hydroxylation sites is 1. The fourth-order valence-electron chi connectivity index (χ4n) is 3.96. The molecule has 1 unspecified atom stereocenters. The number of hydrogen-bond donors (Lipinski definition) is 2. The Labute approximate surface area is 184 Å². The average molecular weight is 422 g/mol. The van der Waals surface area contributed by atoms with Crippen molar-refractivity contribution in [3.05, 3.63) is 82.6 Å². The molecule has 0 saturated carbocycles. The van der Waals surface area contributed by atoms with Crippen molar-refractivity contribution in [1.82, 2.24) is 0 Å². The molecule has 0 bridgehead atoms. The monoisotopic (exact) mass is 421 g/mol. The summed E-state index contributed by atoms with van der Waals surface area (Å²) >= 11 is 0. The minimum atomic E-state index is -1.02. The maximum atomic E-state index is 12.0. The molecule has 2 aromatic carbocycles. The molecule has 164 valence electrons. The van der Waals surface area contributed by atoms with Crippen molar-refractivity contribution < 1.29 is 19.4 Å². The van der Waals surface area contributed by atoms with Crippen molar-refractivity contribution in [2.45, 2.75) is 45.6 Å². The van der Waals surface area contributed by atoms with E-state index in [2.05, 4.69) is 6.07 Å². The van der Waals surface area contributed by atoms with Gasteiger partial charge in [-0.2, -0.15) is 0 Å². The zero-order chi connectivity index (χ0) is 22.4. The molecular weight excluding hydrogens is 390 g/mol. The molecule has 1 atom stereocenters. The van der Waals surface area contributed by atoms with Gasteiger partial charge in [-0.1, -0.05) is 49.4 Å². The Bertz CT molecular complexity index is 1010. The third kappa shape index (κ3) is 4.83. The first-order valence-electron chi connectivity index (χ1n) is 10.8. The molecule has 0 aromatic heterocycles. The molecule has 3 N–H and O–H groups in total. The van der Waals surface area contributed by atoms with Gasteiger partial charge >= 0.3 is 5.97 Å². The van der Waals surface area contributed by atoms with Gasteiger partial charge in [-0.15, -0.1) is 0 Å². The van der Waals surface area contributed by atoms with E-state index in [1.165, 1.54) is 0 Å². The van der Waals surface area contributed by atoms with Crippen LogP contribution in [0.1, 0.15) is 43.9 Å². The number of aliphatic hydroxyl groups excluding tert-OH is 1. The van der Waals surface area contributed by atoms with Crippen LogP contribution in [-0.4, -0.2) is 29.8 Å². The van der Waals surface area contributed by atoms with Crippen LogP contribution in [0.3, 0.4) is 0 Å². The van der Waals surface area contributed by atoms with E-state index in [4.69, 9.17) is 15.2 Å². The number of esters is 1. The van der Waals surface area contributed by atoms with Crippen molar-refractivity contribution in [3.8, 4) is 5.75 Å². The highest BCUT2D eigenvalue weighted by Gasteiger charge is 2.42. The lowest BCUT2D eigenvalue weighted by Crippen LogP contribution is -2.35. The summed E-state index contributed by atoms with van der Waals surface area (Å²) in [7, 11) is 0. The predicted molar refractivity (Wildman–Crippen MR) is 123 cm³/mol. The summed E-state index contributed by atoms with van der Waals surface area (Å²) < 4.78 is 11.5. The predicted octanol–water partition coefficient (Wildman–Crippen LogP) is 4.75. The van der Waals surface area contributed by atoms with Crippen molar-refractivity contribution in [2.75, 3.05) is 13.2 Å². The maximum Gasteiger partial charge on any atom is 0.310 e. The second-order valence-corrected chi connectivity index (χ2v) is 7.75. The van der Waals surface area contributed by atoms with E-state index in [0.717, 1.165) is 34.3 Å². The number of rotatable bonds is 9. The number of benzene rings is 2. The zero-order valence-electron chi connectivity index (χ0n) is 18.5. The molecule has 5 nitrogen and oxygen atoms in total. The highest BCUT2D eigenvalue weighted by molar-refractivity contribution is 5.82. The Morgan fingerprint density at radius 2 is 1.90 bits per heavy atom. The Morgan fingerprint density at radius 3 is 2.61 bits per heavy atom. The van der Waals surface area contributed by atoms with Crippen LogP contribution >= 0.6 is 0 Å². The topological polar surface area (TPSA) is 81.8 Å². The van der Waals surface area contributed by atoms with Gasteiger partial charge in [0, 0.05) is 11.1 Å². The minimum Gasteiger partial charge on any atom is -0.507 e. The lowest BCUT2D eigenvalue weighted by atomic mass is 9.94. The minimum absolute atomic E-state index is 0.115. The summed E-state index contributed by atoms with van der Waals surface area (Å²) in [5, 5.41) is 11.3. The Morgan fingerprint density at radius 1 is 1.13 bits per heavy atom. The first kappa shape index (κ1) is 22.6. The Hall–Kier alpha value is -3.05. The van der Waals surface area contributed by atoms with E-state index in [1.807, 2.05) is 62.4 Å². The first-order valence-corrected chi connectivity index (χ1v) is 10.8. The van der Waals surface area contributed by atoms with Crippen LogP contribution in [0, 0.1) is 0 Å². The number of aliphatic hydroxyl groups is 1. The van der Waals surface area contributed by atoms with Gasteiger partial charge in [-0.25, -0.2) is 0 Å². The molecule has 0 amide bonds. The third-order valence-electron chi connectivity index (χ3n) is 5.62. The van der Waals surface area contributed by atoms with Crippen LogP contribution in [0.2, 0.25) is 0 Å². The van der Waals surface area contributed by atoms with Crippen LogP contribution in [-0.2, 0) is 22.4 Å². The molecule has 0 fully saturated rings. The number of allylic oxidation sites excluding steroid dienone is 2. The highest BCUT2D eigenvalue weighted by Crippen LogP contribution is 2.43. The van der Waals surface area contributed by atoms with Crippen molar-refractivity contribution in [1.29, 1.82) is 0 Å². The van der Waals surface area contributed by atoms with Gasteiger partial charge in [-0.3, -0.25) is 4.79 Å². The van der Waals surface area contributed by atoms with Crippen LogP contribution < -0.4 is 10.5 Å². The van der Waals surface area contributed by atoms with Crippen LogP contribution in [0.4, 0.5) is 0 Å². The summed E-state index contributed by atoms with van der Waals surface area (Å²) in [4.78, 5) is 12.0. The molecule has 3 rings (SSSR count). The van der Waals surface area contributed by atoms with Gasteiger partial charge in [-0.05, 0) is 62.1 Å². The van der Waals surface area contributed by atoms with Crippen molar-refractivity contribution in [2.24, 2.45) is 5.73 Å². The molecule has 0 aliphatic heterocycles. The molecule has 2 aromatic rings. The largest absolute Gasteiger partial charge is 0.507 e. The first-order chi connectivity index (χ1) is 14.9. The Kier molecular flexibility index (Phi) is 7.18. The average Bonchev–Trinajstić information content (AvgIpc) is 3.00. The van der Waals surface area contributed by atoms with Gasteiger partial charge < -0.3 is 20.3 Å². The van der Waals surface area contributed by atoms with E-state index in [-0.39, 0.29) is 18.1 Å². The summed E-state index contributed by atoms with van der Waals surface area (Å²) in [6.45, 7) is 6.60. The van der Waals surface area contributed by atoms with E-state index in [0.29, 0.717) is 25.3 Å². The lowest BCUT2D eigenvalue weighted by molar-refractivity contribution is -0.142. The van der Waals surface area contributed by atoms with Crippen LogP contribution in [0.15, 0.2) is 65.9 Å². The SMILES string of the molecule is CCOC(=O)Cc1ccccc1OC1(C)C(CC)=CC(c2cccc(CCN)c2)=C1O. The smallest absolute Gasteiger partial charge is 0.310 e. The summed E-state index contributed by atoms with van der Waals surface area (Å²) in [5.74, 6) is 0.417. The van der Waals surface area contributed by atoms with E-state index < -0.39 is 5.60 Å². The molecule has 1 aliphatic carbocycles. The summed E-state index contributed by atoms with van der Waals surface area (Å²) in [6, 6.07) is 15.4. The quantitative estimate of drug-likeness (QED) is 0.571. The van der Waals surface area contributed by atoms with Gasteiger partial charge in [0.1, 0.15) is 11.5 Å². The number of hydrogen-bond acceptors (Lipinski definition) is 5.